The molecule has 0 saturated carbocycles. The standard InChI is InChI=1S/C21H31N5O2S/c1-20(2,3)17-14-18(24-19(23-17)21(4,5)6)25-10-12-26(13-11-25)29(27,28)16-8-7-9-22-15-16/h7-9,14-15H,10-13H2,1-6H3. The van der Waals surface area contributed by atoms with Crippen molar-refractivity contribution in [1.82, 2.24) is 19.3 Å². The molecule has 2 aromatic rings. The second kappa shape index (κ2) is 7.65. The van der Waals surface area contributed by atoms with Gasteiger partial charge in [-0.2, -0.15) is 4.31 Å². The maximum atomic E-state index is 12.8. The highest BCUT2D eigenvalue weighted by atomic mass is 32.2. The van der Waals surface area contributed by atoms with Crippen molar-refractivity contribution in [3.8, 4) is 0 Å². The molecule has 0 atom stereocenters. The van der Waals surface area contributed by atoms with Crippen LogP contribution in [0.1, 0.15) is 53.1 Å². The van der Waals surface area contributed by atoms with E-state index in [-0.39, 0.29) is 15.7 Å². The van der Waals surface area contributed by atoms with Gasteiger partial charge in [0.1, 0.15) is 16.5 Å². The number of pyridine rings is 1. The van der Waals surface area contributed by atoms with Crippen LogP contribution in [-0.4, -0.2) is 53.9 Å². The molecule has 0 spiro atoms. The molecule has 0 aromatic carbocycles. The molecule has 0 radical (unpaired) electrons. The van der Waals surface area contributed by atoms with E-state index in [9.17, 15) is 8.42 Å². The van der Waals surface area contributed by atoms with Crippen molar-refractivity contribution in [3.63, 3.8) is 0 Å². The van der Waals surface area contributed by atoms with Gasteiger partial charge in [0.05, 0.1) is 5.69 Å². The fourth-order valence-electron chi connectivity index (χ4n) is 3.12. The number of piperazine rings is 1. The highest BCUT2D eigenvalue weighted by Gasteiger charge is 2.31. The predicted molar refractivity (Wildman–Crippen MR) is 115 cm³/mol. The zero-order valence-corrected chi connectivity index (χ0v) is 19.0. The molecule has 0 bridgehead atoms. The van der Waals surface area contributed by atoms with Crippen LogP contribution in [0.3, 0.4) is 0 Å². The normalized spacial score (nSPS) is 16.8. The van der Waals surface area contributed by atoms with E-state index in [4.69, 9.17) is 9.97 Å². The lowest BCUT2D eigenvalue weighted by atomic mass is 9.90. The Labute approximate surface area is 174 Å². The van der Waals surface area contributed by atoms with Gasteiger partial charge >= 0.3 is 0 Å². The monoisotopic (exact) mass is 417 g/mol. The Hall–Kier alpha value is -2.06. The number of hydrogen-bond donors (Lipinski definition) is 0. The molecule has 0 unspecified atom stereocenters. The summed E-state index contributed by atoms with van der Waals surface area (Å²) in [6.07, 6.45) is 2.98. The third-order valence-electron chi connectivity index (χ3n) is 4.99. The zero-order valence-electron chi connectivity index (χ0n) is 18.2. The molecule has 0 aliphatic carbocycles. The molecule has 1 saturated heterocycles. The smallest absolute Gasteiger partial charge is 0.244 e. The van der Waals surface area contributed by atoms with Crippen molar-refractivity contribution in [2.75, 3.05) is 31.1 Å². The van der Waals surface area contributed by atoms with Crippen LogP contribution < -0.4 is 4.90 Å². The number of nitrogens with zero attached hydrogens (tertiary/aromatic N) is 5. The quantitative estimate of drug-likeness (QED) is 0.764. The summed E-state index contributed by atoms with van der Waals surface area (Å²) in [6, 6.07) is 5.27. The minimum Gasteiger partial charge on any atom is -0.354 e. The molecule has 1 aliphatic heterocycles. The zero-order chi connectivity index (χ0) is 21.4. The summed E-state index contributed by atoms with van der Waals surface area (Å²) in [6.45, 7) is 14.8. The second-order valence-corrected chi connectivity index (χ2v) is 11.5. The Morgan fingerprint density at radius 2 is 1.59 bits per heavy atom. The Morgan fingerprint density at radius 1 is 0.931 bits per heavy atom. The van der Waals surface area contributed by atoms with E-state index in [1.54, 1.807) is 18.3 Å². The molecule has 0 N–H and O–H groups in total. The van der Waals surface area contributed by atoms with Crippen LogP contribution in [0.15, 0.2) is 35.5 Å². The van der Waals surface area contributed by atoms with E-state index in [1.807, 2.05) is 6.07 Å². The molecule has 1 fully saturated rings. The summed E-state index contributed by atoms with van der Waals surface area (Å²) < 4.78 is 27.2. The predicted octanol–water partition coefficient (Wildman–Crippen LogP) is 2.98. The van der Waals surface area contributed by atoms with Crippen molar-refractivity contribution in [1.29, 1.82) is 0 Å². The molecule has 8 heteroatoms. The summed E-state index contributed by atoms with van der Waals surface area (Å²) in [7, 11) is -3.52. The first-order valence-electron chi connectivity index (χ1n) is 9.94. The summed E-state index contributed by atoms with van der Waals surface area (Å²) in [5.74, 6) is 1.68. The Balaban J connectivity index is 1.84. The lowest BCUT2D eigenvalue weighted by molar-refractivity contribution is 0.383. The molecule has 7 nitrogen and oxygen atoms in total. The molecular weight excluding hydrogens is 386 g/mol. The number of rotatable bonds is 3. The highest BCUT2D eigenvalue weighted by Crippen LogP contribution is 2.29. The molecule has 1 aliphatic rings. The Kier molecular flexibility index (Phi) is 5.71. The first-order valence-corrected chi connectivity index (χ1v) is 11.4. The van der Waals surface area contributed by atoms with Crippen LogP contribution in [0.4, 0.5) is 5.82 Å². The second-order valence-electron chi connectivity index (χ2n) is 9.51. The molecule has 3 heterocycles. The fraction of sp³-hybridized carbons (Fsp3) is 0.571. The van der Waals surface area contributed by atoms with Crippen molar-refractivity contribution < 1.29 is 8.42 Å². The maximum absolute atomic E-state index is 12.8. The van der Waals surface area contributed by atoms with E-state index in [2.05, 4.69) is 51.4 Å². The van der Waals surface area contributed by atoms with Gasteiger partial charge in [0.25, 0.3) is 0 Å². The number of anilines is 1. The molecule has 2 aromatic heterocycles. The first-order chi connectivity index (χ1) is 13.4. The van der Waals surface area contributed by atoms with Crippen LogP contribution in [0, 0.1) is 0 Å². The SMILES string of the molecule is CC(C)(C)c1cc(N2CCN(S(=O)(=O)c3cccnc3)CC2)nc(C(C)(C)C)n1. The van der Waals surface area contributed by atoms with Crippen LogP contribution >= 0.6 is 0 Å². The largest absolute Gasteiger partial charge is 0.354 e. The Bertz CT molecular complexity index is 923. The van der Waals surface area contributed by atoms with E-state index in [0.29, 0.717) is 26.2 Å². The lowest BCUT2D eigenvalue weighted by Gasteiger charge is -2.35. The van der Waals surface area contributed by atoms with Gasteiger partial charge in [-0.25, -0.2) is 18.4 Å². The van der Waals surface area contributed by atoms with Gasteiger partial charge in [0, 0.05) is 55.5 Å². The average molecular weight is 418 g/mol. The molecule has 158 valence electrons. The number of sulfonamides is 1. The highest BCUT2D eigenvalue weighted by molar-refractivity contribution is 7.89. The molecular formula is C21H31N5O2S. The maximum Gasteiger partial charge on any atom is 0.244 e. The van der Waals surface area contributed by atoms with Gasteiger partial charge in [-0.05, 0) is 12.1 Å². The number of hydrogen-bond acceptors (Lipinski definition) is 6. The summed E-state index contributed by atoms with van der Waals surface area (Å²) >= 11 is 0. The Morgan fingerprint density at radius 3 is 2.10 bits per heavy atom. The van der Waals surface area contributed by atoms with Crippen LogP contribution in [-0.2, 0) is 20.9 Å². The molecule has 29 heavy (non-hydrogen) atoms. The van der Waals surface area contributed by atoms with Crippen molar-refractivity contribution >= 4 is 15.8 Å². The van der Waals surface area contributed by atoms with E-state index in [1.165, 1.54) is 10.5 Å². The van der Waals surface area contributed by atoms with Crippen LogP contribution in [0.25, 0.3) is 0 Å². The van der Waals surface area contributed by atoms with E-state index in [0.717, 1.165) is 17.3 Å². The minimum absolute atomic E-state index is 0.0941. The molecule has 3 rings (SSSR count). The van der Waals surface area contributed by atoms with Crippen molar-refractivity contribution in [2.24, 2.45) is 0 Å². The minimum atomic E-state index is -3.52. The van der Waals surface area contributed by atoms with Gasteiger partial charge in [0.15, 0.2) is 0 Å². The summed E-state index contributed by atoms with van der Waals surface area (Å²) in [4.78, 5) is 16.0. The van der Waals surface area contributed by atoms with E-state index >= 15 is 0 Å². The van der Waals surface area contributed by atoms with E-state index < -0.39 is 10.0 Å². The topological polar surface area (TPSA) is 79.3 Å². The van der Waals surface area contributed by atoms with Crippen LogP contribution in [0.2, 0.25) is 0 Å². The van der Waals surface area contributed by atoms with Gasteiger partial charge in [-0.1, -0.05) is 41.5 Å². The van der Waals surface area contributed by atoms with Gasteiger partial charge < -0.3 is 4.90 Å². The fourth-order valence-corrected chi connectivity index (χ4v) is 4.51. The molecule has 0 amide bonds. The van der Waals surface area contributed by atoms with Gasteiger partial charge in [0.2, 0.25) is 10.0 Å². The van der Waals surface area contributed by atoms with Crippen LogP contribution in [0.5, 0.6) is 0 Å². The number of aromatic nitrogens is 3. The summed E-state index contributed by atoms with van der Waals surface area (Å²) in [5, 5.41) is 0. The summed E-state index contributed by atoms with van der Waals surface area (Å²) in [5.41, 5.74) is 0.739. The third-order valence-corrected chi connectivity index (χ3v) is 6.87. The van der Waals surface area contributed by atoms with Gasteiger partial charge in [-0.15, -0.1) is 0 Å². The lowest BCUT2D eigenvalue weighted by Crippen LogP contribution is -2.49. The van der Waals surface area contributed by atoms with Crippen molar-refractivity contribution in [3.05, 3.63) is 42.1 Å². The van der Waals surface area contributed by atoms with Gasteiger partial charge in [-0.3, -0.25) is 4.98 Å². The van der Waals surface area contributed by atoms with Crippen molar-refractivity contribution in [2.45, 2.75) is 57.3 Å². The first kappa shape index (κ1) is 21.6. The average Bonchev–Trinajstić information content (AvgIpc) is 2.67. The third kappa shape index (κ3) is 4.75.